The average Bonchev–Trinajstić information content (AvgIpc) is 3.81. The number of furan rings is 1. The predicted molar refractivity (Wildman–Crippen MR) is 299 cm³/mol. The van der Waals surface area contributed by atoms with Gasteiger partial charge in [-0.15, -0.1) is 0 Å². The second-order valence-corrected chi connectivity index (χ2v) is 25.6. The van der Waals surface area contributed by atoms with E-state index in [2.05, 4.69) is 248 Å². The van der Waals surface area contributed by atoms with Gasteiger partial charge in [-0.1, -0.05) is 183 Å². The molecule has 0 radical (unpaired) electrons. The maximum atomic E-state index is 7.31. The molecule has 0 saturated carbocycles. The number of nitrogens with zero attached hydrogens (tertiary/aromatic N) is 2. The van der Waals surface area contributed by atoms with Crippen LogP contribution in [0.4, 0.5) is 17.1 Å². The Labute approximate surface area is 411 Å². The van der Waals surface area contributed by atoms with Crippen LogP contribution < -0.4 is 15.8 Å². The number of aromatic nitrogens is 1. The molecule has 11 rings (SSSR count). The van der Waals surface area contributed by atoms with E-state index >= 15 is 0 Å². The van der Waals surface area contributed by atoms with Crippen LogP contribution in [0.1, 0.15) is 137 Å². The minimum absolute atomic E-state index is 0.0167. The lowest BCUT2D eigenvalue weighted by Gasteiger charge is -2.42. The van der Waals surface area contributed by atoms with Gasteiger partial charge in [-0.2, -0.15) is 0 Å². The monoisotopic (exact) mass is 905 g/mol. The minimum atomic E-state index is -0.170. The average molecular weight is 905 g/mol. The predicted octanol–water partition coefficient (Wildman–Crippen LogP) is 17.1. The topological polar surface area (TPSA) is 21.3 Å². The highest BCUT2D eigenvalue weighted by Gasteiger charge is 2.46. The van der Waals surface area contributed by atoms with Crippen LogP contribution in [0, 0.1) is 6.92 Å². The summed E-state index contributed by atoms with van der Waals surface area (Å²) in [5.74, 6) is 0. The van der Waals surface area contributed by atoms with Crippen molar-refractivity contribution >= 4 is 67.7 Å². The molecule has 2 aliphatic rings. The van der Waals surface area contributed by atoms with Gasteiger partial charge in [-0.25, -0.2) is 0 Å². The highest BCUT2D eigenvalue weighted by molar-refractivity contribution is 6.90. The van der Waals surface area contributed by atoms with Gasteiger partial charge in [-0.05, 0) is 132 Å². The number of hydrogen-bond acceptors (Lipinski definition) is 2. The standard InChI is InChI=1S/C65H69BN2O/c1-38-22-20-21-25-45(38)59-56(39-23-18-17-19-24-39)50-33-41(62(5,6)7)31-48-47-30-43(64(11,12)13)35-54-57(47)66(68(59)58(48)50)52-37-55-46(36-53(52)67(54)44-28-26-40(27-29-44)61(2,3)4)49-32-42(63(8,9)10)34-51(60(49)69-55)65(14,15)16/h17-37H,1-16H3. The molecule has 3 nitrogen and oxygen atoms in total. The Morgan fingerprint density at radius 3 is 1.67 bits per heavy atom. The first kappa shape index (κ1) is 45.2. The fourth-order valence-corrected chi connectivity index (χ4v) is 11.4. The van der Waals surface area contributed by atoms with Gasteiger partial charge < -0.3 is 13.8 Å². The van der Waals surface area contributed by atoms with Crippen molar-refractivity contribution in [2.45, 2.75) is 138 Å². The molecule has 9 aromatic rings. The van der Waals surface area contributed by atoms with Gasteiger partial charge in [-0.3, -0.25) is 0 Å². The third kappa shape index (κ3) is 7.06. The molecule has 0 amide bonds. The van der Waals surface area contributed by atoms with Crippen LogP contribution in [0.5, 0.6) is 0 Å². The molecule has 348 valence electrons. The number of anilines is 3. The molecule has 2 aliphatic heterocycles. The Balaban J connectivity index is 1.37. The molecule has 4 heterocycles. The maximum absolute atomic E-state index is 7.31. The first-order chi connectivity index (χ1) is 32.3. The number of benzene rings is 7. The Morgan fingerprint density at radius 2 is 1.04 bits per heavy atom. The first-order valence-corrected chi connectivity index (χ1v) is 25.3. The lowest BCUT2D eigenvalue weighted by Crippen LogP contribution is -2.57. The lowest BCUT2D eigenvalue weighted by atomic mass is 9.44. The van der Waals surface area contributed by atoms with Gasteiger partial charge in [0.2, 0.25) is 0 Å². The highest BCUT2D eigenvalue weighted by atomic mass is 16.3. The van der Waals surface area contributed by atoms with E-state index in [4.69, 9.17) is 4.42 Å². The summed E-state index contributed by atoms with van der Waals surface area (Å²) in [6.45, 7) is 37.2. The normalized spacial score (nSPS) is 14.0. The fraction of sp³-hybridized carbons (Fsp3) is 0.323. The summed E-state index contributed by atoms with van der Waals surface area (Å²) in [6.07, 6.45) is 0. The van der Waals surface area contributed by atoms with Crippen LogP contribution in [-0.2, 0) is 27.1 Å². The largest absolute Gasteiger partial charge is 0.456 e. The van der Waals surface area contributed by atoms with Crippen LogP contribution in [0.2, 0.25) is 0 Å². The van der Waals surface area contributed by atoms with E-state index in [1.54, 1.807) is 0 Å². The molecule has 0 N–H and O–H groups in total. The lowest BCUT2D eigenvalue weighted by molar-refractivity contribution is 0.559. The molecule has 0 unspecified atom stereocenters. The second-order valence-electron chi connectivity index (χ2n) is 25.6. The zero-order valence-electron chi connectivity index (χ0n) is 44.0. The van der Waals surface area contributed by atoms with Crippen LogP contribution in [0.15, 0.2) is 132 Å². The van der Waals surface area contributed by atoms with Gasteiger partial charge in [0.1, 0.15) is 11.2 Å². The molecular formula is C65H69BN2O. The molecule has 0 aliphatic carbocycles. The zero-order valence-corrected chi connectivity index (χ0v) is 44.0. The molecule has 0 spiro atoms. The molecule has 0 atom stereocenters. The molecule has 0 saturated heterocycles. The summed E-state index contributed by atoms with van der Waals surface area (Å²) in [7, 11) is 0. The minimum Gasteiger partial charge on any atom is -0.456 e. The summed E-state index contributed by atoms with van der Waals surface area (Å²) in [5, 5.41) is 3.63. The Bertz CT molecular complexity index is 3570. The van der Waals surface area contributed by atoms with Crippen molar-refractivity contribution in [2.24, 2.45) is 0 Å². The third-order valence-corrected chi connectivity index (χ3v) is 15.4. The Morgan fingerprint density at radius 1 is 0.464 bits per heavy atom. The van der Waals surface area contributed by atoms with Crippen molar-refractivity contribution in [3.63, 3.8) is 0 Å². The van der Waals surface area contributed by atoms with Crippen LogP contribution in [0.3, 0.4) is 0 Å². The number of fused-ring (bicyclic) bond motifs is 7. The summed E-state index contributed by atoms with van der Waals surface area (Å²) in [6, 6.07) is 49.5. The second kappa shape index (κ2) is 14.9. The molecule has 4 heteroatoms. The van der Waals surface area contributed by atoms with E-state index in [0.717, 1.165) is 22.2 Å². The van der Waals surface area contributed by atoms with E-state index in [-0.39, 0.29) is 33.9 Å². The van der Waals surface area contributed by atoms with Crippen molar-refractivity contribution in [1.29, 1.82) is 0 Å². The first-order valence-electron chi connectivity index (χ1n) is 25.3. The van der Waals surface area contributed by atoms with Crippen molar-refractivity contribution in [2.75, 3.05) is 4.90 Å². The molecule has 69 heavy (non-hydrogen) atoms. The smallest absolute Gasteiger partial charge is 0.333 e. The van der Waals surface area contributed by atoms with Gasteiger partial charge in [0.25, 0.3) is 0 Å². The van der Waals surface area contributed by atoms with E-state index in [9.17, 15) is 0 Å². The zero-order chi connectivity index (χ0) is 49.1. The van der Waals surface area contributed by atoms with E-state index in [1.807, 2.05) is 0 Å². The van der Waals surface area contributed by atoms with E-state index < -0.39 is 0 Å². The van der Waals surface area contributed by atoms with Gasteiger partial charge in [0.15, 0.2) is 0 Å². The number of hydrogen-bond donors (Lipinski definition) is 0. The molecule has 0 fully saturated rings. The van der Waals surface area contributed by atoms with Crippen molar-refractivity contribution in [3.05, 3.63) is 161 Å². The Kier molecular flexibility index (Phi) is 9.75. The quantitative estimate of drug-likeness (QED) is 0.165. The number of aryl methyl sites for hydroxylation is 1. The molecule has 7 aromatic carbocycles. The maximum Gasteiger partial charge on any atom is 0.333 e. The summed E-state index contributed by atoms with van der Waals surface area (Å²) in [4.78, 5) is 2.60. The molecule has 0 bridgehead atoms. The van der Waals surface area contributed by atoms with Crippen molar-refractivity contribution in [3.8, 4) is 33.5 Å². The summed E-state index contributed by atoms with van der Waals surface area (Å²) >= 11 is 0. The molecular weight excluding hydrogens is 836 g/mol. The van der Waals surface area contributed by atoms with Gasteiger partial charge in [0, 0.05) is 66.7 Å². The number of rotatable bonds is 3. The SMILES string of the molecule is Cc1ccccc1-c1c(-c2ccccc2)c2cc(C(C)(C)C)cc3c2n1B1c2cc4oc5c(C(C)(C)C)cc(C(C)(C)C)cc5c4cc2N(c2ccc(C(C)(C)C)cc2)c2cc(C(C)(C)C)cc-3c21. The highest BCUT2D eigenvalue weighted by Crippen LogP contribution is 2.53. The Hall–Kier alpha value is -6.26. The van der Waals surface area contributed by atoms with Crippen LogP contribution in [0.25, 0.3) is 66.4 Å². The van der Waals surface area contributed by atoms with Gasteiger partial charge >= 0.3 is 6.85 Å². The van der Waals surface area contributed by atoms with Crippen molar-refractivity contribution in [1.82, 2.24) is 4.48 Å². The van der Waals surface area contributed by atoms with Gasteiger partial charge in [0.05, 0.1) is 0 Å². The summed E-state index contributed by atoms with van der Waals surface area (Å²) in [5.41, 5.74) is 24.4. The van der Waals surface area contributed by atoms with Crippen molar-refractivity contribution < 1.29 is 4.42 Å². The van der Waals surface area contributed by atoms with Crippen LogP contribution in [-0.4, -0.2) is 11.3 Å². The fourth-order valence-electron chi connectivity index (χ4n) is 11.4. The van der Waals surface area contributed by atoms with E-state index in [1.165, 1.54) is 105 Å². The summed E-state index contributed by atoms with van der Waals surface area (Å²) < 4.78 is 10.1. The van der Waals surface area contributed by atoms with Crippen LogP contribution >= 0.6 is 0 Å². The molecule has 2 aromatic heterocycles. The third-order valence-electron chi connectivity index (χ3n) is 15.4. The van der Waals surface area contributed by atoms with E-state index in [0.29, 0.717) is 0 Å².